The van der Waals surface area contributed by atoms with Crippen LogP contribution in [0.5, 0.6) is 0 Å². The maximum absolute atomic E-state index is 9.47. The van der Waals surface area contributed by atoms with E-state index in [1.165, 1.54) is 71.6 Å². The van der Waals surface area contributed by atoms with Crippen molar-refractivity contribution in [2.24, 2.45) is 0 Å². The van der Waals surface area contributed by atoms with Gasteiger partial charge >= 0.3 is 7.12 Å². The van der Waals surface area contributed by atoms with Crippen LogP contribution in [0.2, 0.25) is 5.02 Å². The monoisotopic (exact) mass is 1490 g/mol. The summed E-state index contributed by atoms with van der Waals surface area (Å²) in [5.74, 6) is 1.37. The molecule has 2 N–H and O–H groups in total. The quantitative estimate of drug-likeness (QED) is 0.103. The molecule has 0 spiro atoms. The van der Waals surface area contributed by atoms with Crippen LogP contribution in [-0.2, 0) is 43.5 Å². The van der Waals surface area contributed by atoms with E-state index in [1.54, 1.807) is 6.07 Å². The molecular weight excluding hydrogens is 1420 g/mol. The van der Waals surface area contributed by atoms with Crippen LogP contribution < -0.4 is 5.46 Å². The zero-order valence-corrected chi connectivity index (χ0v) is 64.3. The Labute approximate surface area is 648 Å². The van der Waals surface area contributed by atoms with Gasteiger partial charge in [-0.25, -0.2) is 19.9 Å². The fraction of sp³-hybridized carbons (Fsp3) is 0.0652. The minimum absolute atomic E-state index is 0. The zero-order chi connectivity index (χ0) is 71.5. The van der Waals surface area contributed by atoms with Gasteiger partial charge in [0.1, 0.15) is 0 Å². The van der Waals surface area contributed by atoms with E-state index in [4.69, 9.17) is 36.5 Å². The van der Waals surface area contributed by atoms with Gasteiger partial charge in [0.25, 0.3) is 0 Å². The van der Waals surface area contributed by atoms with Crippen LogP contribution in [0.15, 0.2) is 328 Å². The molecule has 0 amide bonds. The number of rotatable bonds is 10. The molecule has 0 aliphatic heterocycles. The number of aromatic nitrogens is 6. The van der Waals surface area contributed by atoms with E-state index < -0.39 is 7.12 Å². The molecule has 12 aromatic carbocycles. The van der Waals surface area contributed by atoms with Gasteiger partial charge in [-0.3, -0.25) is 9.97 Å². The Balaban J connectivity index is 0.000000142. The Bertz CT molecular complexity index is 5790. The van der Waals surface area contributed by atoms with Crippen molar-refractivity contribution in [3.8, 4) is 124 Å². The molecule has 16 aromatic rings. The second kappa shape index (κ2) is 31.3. The average molecular weight is 1490 g/mol. The Morgan fingerprint density at radius 1 is 0.305 bits per heavy atom. The minimum Gasteiger partial charge on any atom is -0.423 e. The number of hydrogen-bond acceptors (Lipinski definition) is 8. The van der Waals surface area contributed by atoms with Crippen molar-refractivity contribution in [2.45, 2.75) is 38.5 Å². The van der Waals surface area contributed by atoms with Gasteiger partial charge in [-0.15, -0.1) is 17.9 Å². The number of fused-ring (bicyclic) bond motifs is 10. The maximum Gasteiger partial charge on any atom is 0.488 e. The Morgan fingerprint density at radius 2 is 0.638 bits per heavy atom. The number of nitrogens with zero attached hydrogens (tertiary/aromatic N) is 6. The molecular formula is C92H72BClN6O2P2Y. The second-order valence-corrected chi connectivity index (χ2v) is 27.4. The predicted molar refractivity (Wildman–Crippen MR) is 439 cm³/mol. The third-order valence-electron chi connectivity index (χ3n) is 19.8. The van der Waals surface area contributed by atoms with Gasteiger partial charge in [-0.1, -0.05) is 300 Å². The predicted octanol–water partition coefficient (Wildman–Crippen LogP) is 22.3. The molecule has 2 atom stereocenters. The molecule has 105 heavy (non-hydrogen) atoms. The van der Waals surface area contributed by atoms with E-state index in [2.05, 4.69) is 226 Å². The van der Waals surface area contributed by atoms with Gasteiger partial charge in [0, 0.05) is 105 Å². The van der Waals surface area contributed by atoms with E-state index in [-0.39, 0.29) is 43.5 Å². The van der Waals surface area contributed by atoms with Crippen LogP contribution in [0.1, 0.15) is 49.9 Å². The fourth-order valence-electron chi connectivity index (χ4n) is 14.6. The molecule has 0 fully saturated rings. The first kappa shape index (κ1) is 71.8. The van der Waals surface area contributed by atoms with Gasteiger partial charge in [-0.2, -0.15) is 0 Å². The van der Waals surface area contributed by atoms with E-state index in [9.17, 15) is 10.0 Å². The molecule has 8 nitrogen and oxygen atoms in total. The van der Waals surface area contributed by atoms with Crippen LogP contribution >= 0.6 is 29.5 Å². The van der Waals surface area contributed by atoms with E-state index in [0.29, 0.717) is 22.1 Å². The van der Waals surface area contributed by atoms with Crippen LogP contribution in [-0.4, -0.2) is 47.1 Å². The molecule has 0 bridgehead atoms. The minimum atomic E-state index is -1.43. The summed E-state index contributed by atoms with van der Waals surface area (Å²) in [4.78, 5) is 29.2. The van der Waals surface area contributed by atoms with E-state index in [1.807, 2.05) is 146 Å². The van der Waals surface area contributed by atoms with Crippen LogP contribution in [0, 0.1) is 0 Å². The Kier molecular flexibility index (Phi) is 21.4. The largest absolute Gasteiger partial charge is 0.488 e. The topological polar surface area (TPSA) is 118 Å². The van der Waals surface area contributed by atoms with Crippen molar-refractivity contribution in [1.29, 1.82) is 0 Å². The average Bonchev–Trinajstić information content (AvgIpc) is 1.57. The van der Waals surface area contributed by atoms with Gasteiger partial charge < -0.3 is 10.0 Å². The van der Waals surface area contributed by atoms with Crippen molar-refractivity contribution in [3.05, 3.63) is 355 Å². The standard InChI is InChI=1S/C46H33N3.C27H18ClN3.C19H17BO2.H4P2.Y/c1-46(2)40-27-35(22-24-38(40)39-25-21-31-11-9-10-16-37(31)44(39)46)30-17-19-33(20-18-30)42-28-43(49-45(48-42)34-14-7-4-8-15-34)36-23-26-41(47-29-36)32-12-5-3-6-13-32;28-23-14-11-20(12-15-23)25-17-26(31-27(30-25)21-9-5-2-6-10-21)22-13-16-24(29-18-22)19-7-3-1-4-8-19;1-19(2)17-11-13(20(21)22)8-10-15(17)16-9-7-12-5-3-4-6-14(12)18(16)19;1-2;/h3-29H,1-2H3;1-18H;3-11,21-22H,1-2H3;1-2H2;. The summed E-state index contributed by atoms with van der Waals surface area (Å²) in [7, 11) is 3.24. The molecule has 0 saturated heterocycles. The number of pyridine rings is 2. The third kappa shape index (κ3) is 14.7. The normalized spacial score (nSPS) is 12.3. The first-order valence-electron chi connectivity index (χ1n) is 34.6. The molecule has 13 heteroatoms. The second-order valence-electron chi connectivity index (χ2n) is 26.9. The number of hydrogen-bond donors (Lipinski definition) is 2. The third-order valence-corrected chi connectivity index (χ3v) is 20.1. The van der Waals surface area contributed by atoms with Crippen molar-refractivity contribution in [1.82, 2.24) is 29.9 Å². The summed E-state index contributed by atoms with van der Waals surface area (Å²) in [5.41, 5.74) is 26.4. The van der Waals surface area contributed by atoms with Crippen LogP contribution in [0.4, 0.5) is 0 Å². The summed E-state index contributed by atoms with van der Waals surface area (Å²) in [6.07, 6.45) is 3.77. The summed E-state index contributed by atoms with van der Waals surface area (Å²) in [6, 6.07) is 108. The van der Waals surface area contributed by atoms with Crippen LogP contribution in [0.25, 0.3) is 145 Å². The molecule has 2 aliphatic carbocycles. The number of benzene rings is 12. The SMILES string of the molecule is CC1(C)c2cc(-c3ccc(-c4cc(-c5ccc(-c6ccccc6)nc5)nc(-c5ccccc5)n4)cc3)ccc2-c2ccc3ccccc3c21.CC1(C)c2cc(B(O)O)ccc2-c2ccc3ccccc3c21.Clc1ccc(-c2cc(-c3ccc(-c4ccccc4)nc3)nc(-c3ccccc3)n2)cc1.PP.[Y]. The summed E-state index contributed by atoms with van der Waals surface area (Å²) in [5, 5.41) is 24.8. The van der Waals surface area contributed by atoms with Crippen LogP contribution in [0.3, 0.4) is 0 Å². The molecule has 4 aromatic heterocycles. The van der Waals surface area contributed by atoms with Gasteiger partial charge in [-0.05, 0) is 137 Å². The molecule has 0 saturated carbocycles. The molecule has 18 rings (SSSR count). The maximum atomic E-state index is 9.47. The van der Waals surface area contributed by atoms with Crippen molar-refractivity contribution >= 4 is 63.6 Å². The van der Waals surface area contributed by atoms with Gasteiger partial charge in [0.15, 0.2) is 11.6 Å². The Hall–Kier alpha value is -10.1. The van der Waals surface area contributed by atoms with Crippen molar-refractivity contribution < 1.29 is 42.8 Å². The molecule has 1 radical (unpaired) electrons. The first-order valence-corrected chi connectivity index (χ1v) is 37.7. The summed E-state index contributed by atoms with van der Waals surface area (Å²) >= 11 is 6.08. The number of halogens is 1. The van der Waals surface area contributed by atoms with E-state index >= 15 is 0 Å². The van der Waals surface area contributed by atoms with Crippen molar-refractivity contribution in [3.63, 3.8) is 0 Å². The molecule has 4 heterocycles. The van der Waals surface area contributed by atoms with Gasteiger partial charge in [0.2, 0.25) is 0 Å². The molecule has 505 valence electrons. The summed E-state index contributed by atoms with van der Waals surface area (Å²) < 4.78 is 0. The molecule has 2 unspecified atom stereocenters. The smallest absolute Gasteiger partial charge is 0.423 e. The zero-order valence-electron chi connectivity index (χ0n) is 58.4. The Morgan fingerprint density at radius 3 is 1.06 bits per heavy atom. The molecule has 2 aliphatic rings. The van der Waals surface area contributed by atoms with Crippen molar-refractivity contribution in [2.75, 3.05) is 0 Å². The summed E-state index contributed by atoms with van der Waals surface area (Å²) in [6.45, 7) is 9.13. The first-order chi connectivity index (χ1) is 50.8. The fourth-order valence-corrected chi connectivity index (χ4v) is 14.7. The van der Waals surface area contributed by atoms with E-state index in [0.717, 1.165) is 84.2 Å². The van der Waals surface area contributed by atoms with Gasteiger partial charge in [0.05, 0.1) is 34.2 Å².